The van der Waals surface area contributed by atoms with Crippen molar-refractivity contribution in [2.75, 3.05) is 0 Å². The first-order chi connectivity index (χ1) is 7.25. The highest BCUT2D eigenvalue weighted by Crippen LogP contribution is 2.39. The molecule has 15 heavy (non-hydrogen) atoms. The van der Waals surface area contributed by atoms with Gasteiger partial charge in [-0.2, -0.15) is 0 Å². The molecule has 2 rings (SSSR count). The molecule has 0 amide bonds. The van der Waals surface area contributed by atoms with Gasteiger partial charge >= 0.3 is 0 Å². The van der Waals surface area contributed by atoms with Crippen LogP contribution in [0, 0.1) is 23.7 Å². The van der Waals surface area contributed by atoms with Crippen LogP contribution < -0.4 is 0 Å². The Kier molecular flexibility index (Phi) is 4.11. The average Bonchev–Trinajstić information content (AvgIpc) is 2.44. The molecule has 0 bridgehead atoms. The average molecular weight is 212 g/mol. The molecule has 2 aliphatic carbocycles. The lowest BCUT2D eigenvalue weighted by atomic mass is 9.74. The molecular weight excluding hydrogens is 180 g/mol. The SMILES string of the molecule is CC1CCCC(C2CCC(C)CC2)CC1.[HH].[HH]. The minimum absolute atomic E-state index is 0. The molecule has 0 aromatic heterocycles. The van der Waals surface area contributed by atoms with Crippen molar-refractivity contribution in [3.63, 3.8) is 0 Å². The van der Waals surface area contributed by atoms with Crippen LogP contribution >= 0.6 is 0 Å². The van der Waals surface area contributed by atoms with Gasteiger partial charge in [0.15, 0.2) is 0 Å². The Labute approximate surface area is 98.8 Å². The van der Waals surface area contributed by atoms with Gasteiger partial charge in [-0.25, -0.2) is 0 Å². The van der Waals surface area contributed by atoms with E-state index in [0.29, 0.717) is 0 Å². The monoisotopic (exact) mass is 212 g/mol. The van der Waals surface area contributed by atoms with Crippen LogP contribution in [0.5, 0.6) is 0 Å². The fourth-order valence-corrected chi connectivity index (χ4v) is 3.74. The van der Waals surface area contributed by atoms with Crippen molar-refractivity contribution in [2.24, 2.45) is 23.7 Å². The van der Waals surface area contributed by atoms with E-state index in [1.807, 2.05) is 0 Å². The summed E-state index contributed by atoms with van der Waals surface area (Å²) in [6, 6.07) is 0. The van der Waals surface area contributed by atoms with Crippen molar-refractivity contribution < 1.29 is 2.85 Å². The highest BCUT2D eigenvalue weighted by atomic mass is 14.3. The van der Waals surface area contributed by atoms with E-state index in [0.717, 1.165) is 23.7 Å². The summed E-state index contributed by atoms with van der Waals surface area (Å²) in [7, 11) is 0. The van der Waals surface area contributed by atoms with Crippen LogP contribution in [0.4, 0.5) is 0 Å². The molecule has 2 fully saturated rings. The van der Waals surface area contributed by atoms with E-state index in [1.54, 1.807) is 25.7 Å². The van der Waals surface area contributed by atoms with Gasteiger partial charge in [0.05, 0.1) is 0 Å². The smallest absolute Gasteiger partial charge is 0 e. The summed E-state index contributed by atoms with van der Waals surface area (Å²) in [5.41, 5.74) is 0. The molecule has 92 valence electrons. The van der Waals surface area contributed by atoms with Crippen molar-refractivity contribution >= 4 is 0 Å². The van der Waals surface area contributed by atoms with E-state index in [1.165, 1.54) is 32.1 Å². The number of rotatable bonds is 1. The molecule has 2 saturated carbocycles. The van der Waals surface area contributed by atoms with E-state index in [9.17, 15) is 0 Å². The highest BCUT2D eigenvalue weighted by Gasteiger charge is 2.27. The van der Waals surface area contributed by atoms with Crippen molar-refractivity contribution in [1.82, 2.24) is 0 Å². The van der Waals surface area contributed by atoms with Crippen LogP contribution in [-0.4, -0.2) is 0 Å². The standard InChI is InChI=1S/C15H28.2H2/c1-12-4-3-5-14(9-6-12)15-10-7-13(2)8-11-15;;/h12-15H,3-11H2,1-2H3;2*1H. The normalized spacial score (nSPS) is 43.6. The van der Waals surface area contributed by atoms with Crippen molar-refractivity contribution in [3.05, 3.63) is 0 Å². The Morgan fingerprint density at radius 2 is 1.07 bits per heavy atom. The predicted molar refractivity (Wildman–Crippen MR) is 71.1 cm³/mol. The summed E-state index contributed by atoms with van der Waals surface area (Å²) in [5.74, 6) is 4.23. The van der Waals surface area contributed by atoms with Gasteiger partial charge in [-0.05, 0) is 42.9 Å². The van der Waals surface area contributed by atoms with E-state index < -0.39 is 0 Å². The second-order valence-electron chi connectivity index (χ2n) is 6.39. The molecule has 0 spiro atoms. The minimum Gasteiger partial charge on any atom is -0.0625 e. The summed E-state index contributed by atoms with van der Waals surface area (Å²) in [4.78, 5) is 0. The van der Waals surface area contributed by atoms with E-state index >= 15 is 0 Å². The Balaban J connectivity index is 0.00000128. The number of hydrogen-bond donors (Lipinski definition) is 0. The van der Waals surface area contributed by atoms with Crippen LogP contribution in [0.15, 0.2) is 0 Å². The van der Waals surface area contributed by atoms with Gasteiger partial charge in [0.25, 0.3) is 0 Å². The number of hydrogen-bond acceptors (Lipinski definition) is 0. The molecule has 0 aliphatic heterocycles. The summed E-state index contributed by atoms with van der Waals surface area (Å²) in [6.07, 6.45) is 13.7. The molecule has 2 aliphatic rings. The highest BCUT2D eigenvalue weighted by molar-refractivity contribution is 4.79. The third-order valence-electron chi connectivity index (χ3n) is 5.03. The van der Waals surface area contributed by atoms with Gasteiger partial charge in [0.2, 0.25) is 0 Å². The summed E-state index contributed by atoms with van der Waals surface area (Å²) < 4.78 is 0. The third-order valence-corrected chi connectivity index (χ3v) is 5.03. The maximum Gasteiger partial charge on any atom is 0 e. The van der Waals surface area contributed by atoms with Crippen LogP contribution in [0.2, 0.25) is 0 Å². The van der Waals surface area contributed by atoms with Gasteiger partial charge in [0.1, 0.15) is 0 Å². The zero-order valence-electron chi connectivity index (χ0n) is 10.7. The molecule has 0 N–H and O–H groups in total. The van der Waals surface area contributed by atoms with Gasteiger partial charge in [-0.1, -0.05) is 52.4 Å². The zero-order chi connectivity index (χ0) is 10.7. The van der Waals surface area contributed by atoms with Crippen LogP contribution in [0.25, 0.3) is 0 Å². The molecule has 0 nitrogen and oxygen atoms in total. The quantitative estimate of drug-likeness (QED) is 0.502. The third kappa shape index (κ3) is 3.23. The Bertz CT molecular complexity index is 185. The fourth-order valence-electron chi connectivity index (χ4n) is 3.74. The summed E-state index contributed by atoms with van der Waals surface area (Å²) in [6.45, 7) is 4.89. The van der Waals surface area contributed by atoms with Gasteiger partial charge in [0, 0.05) is 2.85 Å². The minimum atomic E-state index is 0. The van der Waals surface area contributed by atoms with E-state index in [2.05, 4.69) is 13.8 Å². The topological polar surface area (TPSA) is 0 Å². The summed E-state index contributed by atoms with van der Waals surface area (Å²) >= 11 is 0. The first kappa shape index (κ1) is 11.5. The molecule has 0 aromatic rings. The maximum atomic E-state index is 2.45. The first-order valence-electron chi connectivity index (χ1n) is 7.25. The second kappa shape index (κ2) is 5.37. The van der Waals surface area contributed by atoms with Gasteiger partial charge < -0.3 is 0 Å². The second-order valence-corrected chi connectivity index (χ2v) is 6.39. The molecule has 0 heteroatoms. The molecule has 2 atom stereocenters. The van der Waals surface area contributed by atoms with Crippen molar-refractivity contribution in [2.45, 2.75) is 71.6 Å². The van der Waals surface area contributed by atoms with E-state index in [-0.39, 0.29) is 2.85 Å². The molecule has 0 saturated heterocycles. The zero-order valence-corrected chi connectivity index (χ0v) is 10.7. The first-order valence-corrected chi connectivity index (χ1v) is 7.25. The lowest BCUT2D eigenvalue weighted by Crippen LogP contribution is -2.20. The molecule has 0 radical (unpaired) electrons. The fraction of sp³-hybridized carbons (Fsp3) is 1.00. The Morgan fingerprint density at radius 1 is 0.600 bits per heavy atom. The van der Waals surface area contributed by atoms with Crippen molar-refractivity contribution in [1.29, 1.82) is 0 Å². The van der Waals surface area contributed by atoms with Gasteiger partial charge in [-0.3, -0.25) is 0 Å². The molecular formula is C15H32. The summed E-state index contributed by atoms with van der Waals surface area (Å²) in [5, 5.41) is 0. The van der Waals surface area contributed by atoms with Crippen LogP contribution in [0.3, 0.4) is 0 Å². The largest absolute Gasteiger partial charge is 0.0625 e. The lowest BCUT2D eigenvalue weighted by Gasteiger charge is -2.32. The molecule has 0 aromatic carbocycles. The van der Waals surface area contributed by atoms with Crippen LogP contribution in [-0.2, 0) is 0 Å². The molecule has 2 unspecified atom stereocenters. The predicted octanol–water partition coefficient (Wildman–Crippen LogP) is 5.52. The maximum absolute atomic E-state index is 2.45. The Hall–Kier alpha value is 0. The van der Waals surface area contributed by atoms with Gasteiger partial charge in [-0.15, -0.1) is 0 Å². The molecule has 0 heterocycles. The van der Waals surface area contributed by atoms with Crippen LogP contribution in [0.1, 0.15) is 74.5 Å². The Morgan fingerprint density at radius 3 is 1.67 bits per heavy atom. The van der Waals surface area contributed by atoms with Crippen molar-refractivity contribution in [3.8, 4) is 0 Å². The van der Waals surface area contributed by atoms with E-state index in [4.69, 9.17) is 0 Å². The lowest BCUT2D eigenvalue weighted by molar-refractivity contribution is 0.195.